The molecule has 1 aliphatic heterocycles. The molecule has 23 heavy (non-hydrogen) atoms. The summed E-state index contributed by atoms with van der Waals surface area (Å²) in [6, 6.07) is 10.4. The molecule has 1 fully saturated rings. The van der Waals surface area contributed by atoms with E-state index in [9.17, 15) is 4.79 Å². The zero-order chi connectivity index (χ0) is 16.9. The number of benzene rings is 1. The van der Waals surface area contributed by atoms with Crippen molar-refractivity contribution in [2.45, 2.75) is 51.0 Å². The molecule has 1 amide bonds. The summed E-state index contributed by atoms with van der Waals surface area (Å²) in [5.41, 5.74) is 13.5. The topological polar surface area (TPSA) is 72.4 Å². The molecule has 1 saturated heterocycles. The minimum Gasteiger partial charge on any atom is -0.343 e. The van der Waals surface area contributed by atoms with Crippen molar-refractivity contribution in [3.8, 4) is 0 Å². The van der Waals surface area contributed by atoms with Crippen LogP contribution in [0.2, 0.25) is 0 Å². The van der Waals surface area contributed by atoms with Crippen molar-refractivity contribution < 1.29 is 4.79 Å². The molecular weight excluding hydrogens is 286 g/mol. The van der Waals surface area contributed by atoms with Crippen LogP contribution in [0.1, 0.15) is 45.1 Å². The van der Waals surface area contributed by atoms with E-state index in [-0.39, 0.29) is 17.4 Å². The Hall–Kier alpha value is -1.39. The monoisotopic (exact) mass is 317 g/mol. The van der Waals surface area contributed by atoms with Gasteiger partial charge in [0.2, 0.25) is 5.91 Å². The smallest absolute Gasteiger partial charge is 0.224 e. The molecule has 4 nitrogen and oxygen atoms in total. The number of hydrogen-bond donors (Lipinski definition) is 2. The third kappa shape index (κ3) is 4.55. The van der Waals surface area contributed by atoms with E-state index in [0.29, 0.717) is 18.9 Å². The molecule has 0 aromatic heterocycles. The maximum Gasteiger partial charge on any atom is 0.224 e. The summed E-state index contributed by atoms with van der Waals surface area (Å²) in [6.45, 7) is 6.46. The summed E-state index contributed by atoms with van der Waals surface area (Å²) in [7, 11) is 0. The Morgan fingerprint density at radius 1 is 1.22 bits per heavy atom. The largest absolute Gasteiger partial charge is 0.343 e. The zero-order valence-electron chi connectivity index (χ0n) is 14.5. The van der Waals surface area contributed by atoms with Gasteiger partial charge in [0.25, 0.3) is 0 Å². The Morgan fingerprint density at radius 3 is 2.35 bits per heavy atom. The molecule has 0 unspecified atom stereocenters. The number of rotatable bonds is 6. The van der Waals surface area contributed by atoms with Crippen LogP contribution >= 0.6 is 0 Å². The van der Waals surface area contributed by atoms with Crippen LogP contribution in [-0.2, 0) is 10.2 Å². The van der Waals surface area contributed by atoms with Crippen LogP contribution in [0.5, 0.6) is 0 Å². The molecule has 2 rings (SSSR count). The number of hydrogen-bond acceptors (Lipinski definition) is 3. The van der Waals surface area contributed by atoms with Gasteiger partial charge in [-0.1, -0.05) is 44.2 Å². The lowest BCUT2D eigenvalue weighted by molar-refractivity contribution is -0.133. The molecular formula is C19H31N3O. The normalized spacial score (nSPS) is 18.9. The Balaban J connectivity index is 1.93. The van der Waals surface area contributed by atoms with Gasteiger partial charge in [0, 0.05) is 37.5 Å². The first-order valence-corrected chi connectivity index (χ1v) is 8.76. The van der Waals surface area contributed by atoms with E-state index in [1.54, 1.807) is 0 Å². The molecule has 1 aromatic rings. The lowest BCUT2D eigenvalue weighted by atomic mass is 9.73. The van der Waals surface area contributed by atoms with Crippen molar-refractivity contribution in [2.75, 3.05) is 19.6 Å². The van der Waals surface area contributed by atoms with E-state index in [1.165, 1.54) is 5.56 Å². The lowest BCUT2D eigenvalue weighted by Crippen LogP contribution is -2.49. The predicted octanol–water partition coefficient (Wildman–Crippen LogP) is 2.27. The number of nitrogens with two attached hydrogens (primary N) is 2. The summed E-state index contributed by atoms with van der Waals surface area (Å²) in [5, 5.41) is 0. The minimum atomic E-state index is -0.0298. The molecule has 1 aliphatic rings. The Morgan fingerprint density at radius 2 is 1.83 bits per heavy atom. The first kappa shape index (κ1) is 18.0. The second-order valence-corrected chi connectivity index (χ2v) is 7.33. The zero-order valence-corrected chi connectivity index (χ0v) is 14.5. The second kappa shape index (κ2) is 7.93. The molecule has 1 aromatic carbocycles. The van der Waals surface area contributed by atoms with Crippen LogP contribution in [0.4, 0.5) is 0 Å². The van der Waals surface area contributed by atoms with Gasteiger partial charge in [0.05, 0.1) is 0 Å². The number of likely N-dealkylation sites (tertiary alicyclic amines) is 1. The number of amides is 1. The molecule has 4 heteroatoms. The Labute approximate surface area is 140 Å². The van der Waals surface area contributed by atoms with Crippen LogP contribution < -0.4 is 11.5 Å². The van der Waals surface area contributed by atoms with Crippen molar-refractivity contribution in [1.29, 1.82) is 0 Å². The SMILES string of the molecule is CC(C)C[C@H](N)CC(=O)N1CCC(CN)(c2ccccc2)CC1. The summed E-state index contributed by atoms with van der Waals surface area (Å²) in [6.07, 6.45) is 3.22. The predicted molar refractivity (Wildman–Crippen MR) is 95.0 cm³/mol. The summed E-state index contributed by atoms with van der Waals surface area (Å²) in [5.74, 6) is 0.721. The third-order valence-corrected chi connectivity index (χ3v) is 5.06. The maximum absolute atomic E-state index is 12.4. The van der Waals surface area contributed by atoms with E-state index < -0.39 is 0 Å². The van der Waals surface area contributed by atoms with Gasteiger partial charge in [0.15, 0.2) is 0 Å². The van der Waals surface area contributed by atoms with Crippen LogP contribution in [0, 0.1) is 5.92 Å². The van der Waals surface area contributed by atoms with Crippen molar-refractivity contribution in [1.82, 2.24) is 4.90 Å². The highest BCUT2D eigenvalue weighted by Crippen LogP contribution is 2.34. The van der Waals surface area contributed by atoms with Crippen LogP contribution in [0.15, 0.2) is 30.3 Å². The van der Waals surface area contributed by atoms with Gasteiger partial charge >= 0.3 is 0 Å². The van der Waals surface area contributed by atoms with Crippen LogP contribution in [-0.4, -0.2) is 36.5 Å². The highest BCUT2D eigenvalue weighted by molar-refractivity contribution is 5.77. The molecule has 128 valence electrons. The van der Waals surface area contributed by atoms with Gasteiger partial charge in [0.1, 0.15) is 0 Å². The average molecular weight is 317 g/mol. The average Bonchev–Trinajstić information content (AvgIpc) is 2.55. The minimum absolute atomic E-state index is 0.0120. The summed E-state index contributed by atoms with van der Waals surface area (Å²) >= 11 is 0. The van der Waals surface area contributed by atoms with Crippen LogP contribution in [0.25, 0.3) is 0 Å². The highest BCUT2D eigenvalue weighted by Gasteiger charge is 2.36. The van der Waals surface area contributed by atoms with E-state index in [0.717, 1.165) is 32.4 Å². The number of piperidine rings is 1. The van der Waals surface area contributed by atoms with Gasteiger partial charge in [-0.3, -0.25) is 4.79 Å². The summed E-state index contributed by atoms with van der Waals surface area (Å²) < 4.78 is 0. The molecule has 0 spiro atoms. The fourth-order valence-electron chi connectivity index (χ4n) is 3.63. The fraction of sp³-hybridized carbons (Fsp3) is 0.632. The molecule has 0 saturated carbocycles. The van der Waals surface area contributed by atoms with Crippen molar-refractivity contribution >= 4 is 5.91 Å². The molecule has 0 radical (unpaired) electrons. The molecule has 1 heterocycles. The molecule has 0 aliphatic carbocycles. The Kier molecular flexibility index (Phi) is 6.19. The number of carbonyl (C=O) groups is 1. The van der Waals surface area contributed by atoms with Crippen molar-refractivity contribution in [3.63, 3.8) is 0 Å². The van der Waals surface area contributed by atoms with E-state index in [4.69, 9.17) is 11.5 Å². The lowest BCUT2D eigenvalue weighted by Gasteiger charge is -2.42. The first-order chi connectivity index (χ1) is 11.0. The van der Waals surface area contributed by atoms with Gasteiger partial charge in [-0.05, 0) is 30.7 Å². The van der Waals surface area contributed by atoms with Gasteiger partial charge < -0.3 is 16.4 Å². The van der Waals surface area contributed by atoms with Gasteiger partial charge in [-0.25, -0.2) is 0 Å². The standard InChI is InChI=1S/C19H31N3O/c1-15(2)12-17(21)13-18(23)22-10-8-19(14-20,9-11-22)16-6-4-3-5-7-16/h3-7,15,17H,8-14,20-21H2,1-2H3/t17-/m0/s1. The van der Waals surface area contributed by atoms with Crippen molar-refractivity contribution in [2.24, 2.45) is 17.4 Å². The second-order valence-electron chi connectivity index (χ2n) is 7.33. The number of carbonyl (C=O) groups excluding carboxylic acids is 1. The van der Waals surface area contributed by atoms with E-state index in [2.05, 4.69) is 38.1 Å². The van der Waals surface area contributed by atoms with Gasteiger partial charge in [-0.15, -0.1) is 0 Å². The van der Waals surface area contributed by atoms with Crippen molar-refractivity contribution in [3.05, 3.63) is 35.9 Å². The molecule has 1 atom stereocenters. The molecule has 0 bridgehead atoms. The van der Waals surface area contributed by atoms with E-state index >= 15 is 0 Å². The van der Waals surface area contributed by atoms with E-state index in [1.807, 2.05) is 11.0 Å². The number of nitrogens with zero attached hydrogens (tertiary/aromatic N) is 1. The third-order valence-electron chi connectivity index (χ3n) is 5.06. The van der Waals surface area contributed by atoms with Crippen LogP contribution in [0.3, 0.4) is 0 Å². The highest BCUT2D eigenvalue weighted by atomic mass is 16.2. The maximum atomic E-state index is 12.4. The Bertz CT molecular complexity index is 493. The molecule has 4 N–H and O–H groups in total. The van der Waals surface area contributed by atoms with Gasteiger partial charge in [-0.2, -0.15) is 0 Å². The fourth-order valence-corrected chi connectivity index (χ4v) is 3.63. The first-order valence-electron chi connectivity index (χ1n) is 8.76. The summed E-state index contributed by atoms with van der Waals surface area (Å²) in [4.78, 5) is 14.4. The quantitative estimate of drug-likeness (QED) is 0.845.